The Bertz CT molecular complexity index is 1490. The van der Waals surface area contributed by atoms with Gasteiger partial charge in [-0.25, -0.2) is 9.78 Å². The van der Waals surface area contributed by atoms with Crippen LogP contribution < -0.4 is 15.0 Å². The van der Waals surface area contributed by atoms with Gasteiger partial charge in [-0.1, -0.05) is 12.1 Å². The number of alkyl carbamates (subject to hydrolysis) is 1. The lowest BCUT2D eigenvalue weighted by Crippen LogP contribution is -2.42. The summed E-state index contributed by atoms with van der Waals surface area (Å²) in [6.45, 7) is 2.77. The molecule has 10 heteroatoms. The summed E-state index contributed by atoms with van der Waals surface area (Å²) >= 11 is 0. The normalized spacial score (nSPS) is 23.0. The van der Waals surface area contributed by atoms with Crippen molar-refractivity contribution in [2.24, 2.45) is 11.8 Å². The van der Waals surface area contributed by atoms with E-state index in [1.165, 1.54) is 24.0 Å². The minimum absolute atomic E-state index is 0.106. The van der Waals surface area contributed by atoms with Gasteiger partial charge in [-0.3, -0.25) is 14.4 Å². The summed E-state index contributed by atoms with van der Waals surface area (Å²) in [6, 6.07) is 11.1. The van der Waals surface area contributed by atoms with Gasteiger partial charge in [0.25, 0.3) is 0 Å². The lowest BCUT2D eigenvalue weighted by atomic mass is 9.78. The topological polar surface area (TPSA) is 119 Å². The molecule has 3 aliphatic rings. The molecule has 3 saturated carbocycles. The highest BCUT2D eigenvalue weighted by Crippen LogP contribution is 2.39. The molecule has 2 N–H and O–H groups in total. The number of carbonyl (C=O) groups is 2. The minimum Gasteiger partial charge on any atom is -0.496 e. The molecule has 2 heterocycles. The highest BCUT2D eigenvalue weighted by Gasteiger charge is 2.34. The van der Waals surface area contributed by atoms with E-state index in [0.29, 0.717) is 55.9 Å². The number of rotatable bonds is 11. The first-order valence-electron chi connectivity index (χ1n) is 16.9. The predicted molar refractivity (Wildman–Crippen MR) is 176 cm³/mol. The van der Waals surface area contributed by atoms with E-state index in [9.17, 15) is 9.59 Å². The maximum Gasteiger partial charge on any atom is 0.407 e. The Morgan fingerprint density at radius 3 is 2.48 bits per heavy atom. The van der Waals surface area contributed by atoms with Crippen LogP contribution in [0.15, 0.2) is 48.9 Å². The van der Waals surface area contributed by atoms with Gasteiger partial charge in [0.2, 0.25) is 5.91 Å². The van der Waals surface area contributed by atoms with Crippen LogP contribution >= 0.6 is 0 Å². The maximum absolute atomic E-state index is 14.3. The fourth-order valence-electron chi connectivity index (χ4n) is 7.16. The van der Waals surface area contributed by atoms with E-state index in [4.69, 9.17) is 19.6 Å². The van der Waals surface area contributed by atoms with Gasteiger partial charge in [0.05, 0.1) is 26.0 Å². The zero-order chi connectivity index (χ0) is 32.0. The second-order valence-corrected chi connectivity index (χ2v) is 13.3. The summed E-state index contributed by atoms with van der Waals surface area (Å²) in [5, 5.41) is 16.1. The van der Waals surface area contributed by atoms with Gasteiger partial charge in [-0.15, -0.1) is 0 Å². The van der Waals surface area contributed by atoms with E-state index in [1.54, 1.807) is 13.3 Å². The molecule has 0 bridgehead atoms. The molecule has 3 aromatic rings. The molecule has 0 atom stereocenters. The number of aliphatic hydroxyl groups is 1. The van der Waals surface area contributed by atoms with Crippen LogP contribution in [0.1, 0.15) is 87.3 Å². The number of aryl methyl sites for hydroxylation is 1. The molecule has 2 aromatic heterocycles. The number of carbonyl (C=O) groups excluding carboxylic acids is 2. The van der Waals surface area contributed by atoms with Crippen molar-refractivity contribution in [3.63, 3.8) is 0 Å². The molecule has 0 saturated heterocycles. The molecule has 246 valence electrons. The molecule has 1 aromatic carbocycles. The highest BCUT2D eigenvalue weighted by atomic mass is 16.6. The number of benzene rings is 1. The molecular weight excluding hydrogens is 582 g/mol. The number of nitrogens with one attached hydrogen (secondary N) is 1. The first-order chi connectivity index (χ1) is 22.4. The second kappa shape index (κ2) is 14.7. The van der Waals surface area contributed by atoms with Crippen molar-refractivity contribution in [2.45, 2.75) is 89.2 Å². The first-order valence-corrected chi connectivity index (χ1v) is 16.9. The van der Waals surface area contributed by atoms with E-state index in [-0.39, 0.29) is 31.1 Å². The number of amides is 2. The van der Waals surface area contributed by atoms with Crippen molar-refractivity contribution < 1.29 is 24.2 Å². The Morgan fingerprint density at radius 2 is 1.78 bits per heavy atom. The van der Waals surface area contributed by atoms with E-state index in [2.05, 4.69) is 41.7 Å². The van der Waals surface area contributed by atoms with E-state index < -0.39 is 6.09 Å². The number of aromatic nitrogens is 3. The summed E-state index contributed by atoms with van der Waals surface area (Å²) in [5.41, 5.74) is 4.59. The monoisotopic (exact) mass is 629 g/mol. The summed E-state index contributed by atoms with van der Waals surface area (Å²) in [4.78, 5) is 33.0. The molecule has 0 spiro atoms. The molecular formula is C36H47N5O5. The Balaban J connectivity index is 1.15. The third-order valence-corrected chi connectivity index (χ3v) is 10.0. The summed E-state index contributed by atoms with van der Waals surface area (Å²) in [6.07, 6.45) is 14.3. The number of nitrogens with zero attached hydrogens (tertiary/aromatic N) is 4. The lowest BCUT2D eigenvalue weighted by Gasteiger charge is -2.35. The van der Waals surface area contributed by atoms with E-state index in [1.807, 2.05) is 27.9 Å². The Morgan fingerprint density at radius 1 is 1.00 bits per heavy atom. The number of hydrogen-bond donors (Lipinski definition) is 2. The summed E-state index contributed by atoms with van der Waals surface area (Å²) < 4.78 is 13.0. The number of aliphatic hydroxyl groups excluding tert-OH is 1. The van der Waals surface area contributed by atoms with E-state index >= 15 is 0 Å². The molecule has 10 nitrogen and oxygen atoms in total. The van der Waals surface area contributed by atoms with Gasteiger partial charge < -0.3 is 19.9 Å². The maximum atomic E-state index is 14.3. The Hall–Kier alpha value is -3.92. The quantitative estimate of drug-likeness (QED) is 0.260. The molecule has 0 aliphatic heterocycles. The molecule has 3 fully saturated rings. The van der Waals surface area contributed by atoms with Crippen LogP contribution in [0.4, 0.5) is 10.6 Å². The molecule has 0 unspecified atom stereocenters. The van der Waals surface area contributed by atoms with Crippen molar-refractivity contribution in [1.29, 1.82) is 0 Å². The Labute approximate surface area is 271 Å². The van der Waals surface area contributed by atoms with Crippen LogP contribution in [0.3, 0.4) is 0 Å². The minimum atomic E-state index is -0.517. The molecule has 6 rings (SSSR count). The molecule has 0 radical (unpaired) electrons. The van der Waals surface area contributed by atoms with Crippen LogP contribution in [0.5, 0.6) is 5.75 Å². The number of anilines is 1. The van der Waals surface area contributed by atoms with E-state index in [0.717, 1.165) is 42.6 Å². The van der Waals surface area contributed by atoms with Crippen LogP contribution in [0.2, 0.25) is 0 Å². The van der Waals surface area contributed by atoms with Crippen LogP contribution in [-0.4, -0.2) is 64.8 Å². The molecule has 3 aliphatic carbocycles. The smallest absolute Gasteiger partial charge is 0.407 e. The highest BCUT2D eigenvalue weighted by molar-refractivity contribution is 5.94. The first kappa shape index (κ1) is 32.0. The molecule has 46 heavy (non-hydrogen) atoms. The van der Waals surface area contributed by atoms with Gasteiger partial charge in [0.15, 0.2) is 0 Å². The van der Waals surface area contributed by atoms with Crippen molar-refractivity contribution in [1.82, 2.24) is 20.1 Å². The zero-order valence-corrected chi connectivity index (χ0v) is 27.1. The average Bonchev–Trinajstić information content (AvgIpc) is 3.82. The number of hydrogen-bond acceptors (Lipinski definition) is 7. The van der Waals surface area contributed by atoms with Crippen molar-refractivity contribution >= 4 is 17.8 Å². The Kier molecular flexibility index (Phi) is 10.2. The van der Waals surface area contributed by atoms with Gasteiger partial charge in [-0.2, -0.15) is 5.10 Å². The van der Waals surface area contributed by atoms with Gasteiger partial charge in [-0.05, 0) is 118 Å². The summed E-state index contributed by atoms with van der Waals surface area (Å²) in [7, 11) is 1.71. The van der Waals surface area contributed by atoms with Gasteiger partial charge in [0, 0.05) is 37.0 Å². The average molecular weight is 630 g/mol. The second-order valence-electron chi connectivity index (χ2n) is 13.3. The third kappa shape index (κ3) is 7.71. The SMILES string of the molecule is COc1ccc(C2CCC(CN(C(=O)C3CCC(OC(=O)NCCO)CC3)c3cc(-c4cnn(C5CC5)c4)ccn3)CC2)cc1C. The van der Waals surface area contributed by atoms with Crippen molar-refractivity contribution in [3.8, 4) is 16.9 Å². The van der Waals surface area contributed by atoms with Gasteiger partial charge >= 0.3 is 6.09 Å². The number of pyridine rings is 1. The lowest BCUT2D eigenvalue weighted by molar-refractivity contribution is -0.124. The van der Waals surface area contributed by atoms with Crippen LogP contribution in [-0.2, 0) is 9.53 Å². The van der Waals surface area contributed by atoms with Crippen molar-refractivity contribution in [3.05, 3.63) is 60.0 Å². The zero-order valence-electron chi connectivity index (χ0n) is 27.1. The fraction of sp³-hybridized carbons (Fsp3) is 0.556. The largest absolute Gasteiger partial charge is 0.496 e. The molecule has 2 amide bonds. The van der Waals surface area contributed by atoms with Crippen LogP contribution in [0.25, 0.3) is 11.1 Å². The summed E-state index contributed by atoms with van der Waals surface area (Å²) in [5.74, 6) is 2.47. The van der Waals surface area contributed by atoms with Crippen LogP contribution in [0, 0.1) is 18.8 Å². The number of methoxy groups -OCH3 is 1. The fourth-order valence-corrected chi connectivity index (χ4v) is 7.16. The number of ether oxygens (including phenoxy) is 2. The third-order valence-electron chi connectivity index (χ3n) is 10.0. The van der Waals surface area contributed by atoms with Gasteiger partial charge in [0.1, 0.15) is 17.7 Å². The predicted octanol–water partition coefficient (Wildman–Crippen LogP) is 6.18. The standard InChI is InChI=1S/C36H47N5O5/c1-24-19-28(9-14-33(24)45-2)26-5-3-25(4-6-26)22-40(35(43)27-7-12-32(13-8-27)46-36(44)38-17-18-42)34-20-29(15-16-37-34)30-21-39-41(23-30)31-10-11-31/h9,14-16,19-21,23,25-27,31-32,42H,3-8,10-13,17-18,22H2,1-2H3,(H,38,44). The van der Waals surface area contributed by atoms with Crippen molar-refractivity contribution in [2.75, 3.05) is 31.7 Å².